The fraction of sp³-hybridized carbons (Fsp3) is 0. The second kappa shape index (κ2) is 9.49. The number of hydrogen-bond donors (Lipinski definition) is 0. The quantitative estimate of drug-likeness (QED) is 0.177. The third-order valence-electron chi connectivity index (χ3n) is 11.3. The van der Waals surface area contributed by atoms with Gasteiger partial charge >= 0.3 is 0 Å². The molecule has 10 aromatic rings. The van der Waals surface area contributed by atoms with Crippen molar-refractivity contribution in [3.63, 3.8) is 0 Å². The summed E-state index contributed by atoms with van der Waals surface area (Å²) in [4.78, 5) is 8.78. The lowest BCUT2D eigenvalue weighted by Gasteiger charge is -2.18. The molecule has 0 amide bonds. The lowest BCUT2D eigenvalue weighted by Crippen LogP contribution is -1.92. The summed E-state index contributed by atoms with van der Waals surface area (Å²) in [6.45, 7) is 0. The minimum absolute atomic E-state index is 0. The van der Waals surface area contributed by atoms with Crippen LogP contribution in [-0.2, 0) is 0 Å². The monoisotopic (exact) mass is 633 g/mol. The molecule has 2 heteroatoms. The second-order valence-electron chi connectivity index (χ2n) is 13.7. The summed E-state index contributed by atoms with van der Waals surface area (Å²) in [6.07, 6.45) is 7.63. The molecule has 0 saturated heterocycles. The van der Waals surface area contributed by atoms with Crippen LogP contribution in [0.3, 0.4) is 0 Å². The van der Waals surface area contributed by atoms with Gasteiger partial charge in [0.25, 0.3) is 0 Å². The van der Waals surface area contributed by atoms with E-state index in [0.717, 1.165) is 0 Å². The zero-order valence-electron chi connectivity index (χ0n) is 26.9. The fourth-order valence-corrected chi connectivity index (χ4v) is 9.15. The van der Waals surface area contributed by atoms with Crippen molar-refractivity contribution in [3.05, 3.63) is 158 Å². The van der Waals surface area contributed by atoms with Crippen LogP contribution in [0.15, 0.2) is 158 Å². The molecule has 12 rings (SSSR count). The van der Waals surface area contributed by atoms with Gasteiger partial charge in [0.15, 0.2) is 0 Å². The number of rotatable bonds is 2. The van der Waals surface area contributed by atoms with Gasteiger partial charge in [0.1, 0.15) is 0 Å². The maximum atomic E-state index is 4.39. The van der Waals surface area contributed by atoms with E-state index >= 15 is 0 Å². The molecule has 0 spiro atoms. The molecule has 2 aliphatic rings. The summed E-state index contributed by atoms with van der Waals surface area (Å²) >= 11 is 0. The third-order valence-corrected chi connectivity index (χ3v) is 11.3. The molecule has 0 atom stereocenters. The largest absolute Gasteiger partial charge is 0.265 e. The van der Waals surface area contributed by atoms with Crippen molar-refractivity contribution in [3.8, 4) is 66.8 Å². The van der Waals surface area contributed by atoms with Gasteiger partial charge in [-0.15, -0.1) is 0 Å². The summed E-state index contributed by atoms with van der Waals surface area (Å²) in [5.41, 5.74) is 15.3. The standard InChI is InChI=1S/C48H26N2.H2/c1-5-29-7-3-11-33-39-25-45-41(23-37(39)31(9-1)47(29)33)35(27-13-17-49-18-14-27)21-44-43(45)22-36(28-15-19-50-20-16-28)42-24-38-32-10-2-6-30-8-4-12-34(48(30)32)40(38)26-46(42)44;/h1-26H;1H/i;1+1. The molecule has 2 aromatic heterocycles. The number of hydrogen-bond acceptors (Lipinski definition) is 2. The molecule has 0 aliphatic heterocycles. The van der Waals surface area contributed by atoms with Gasteiger partial charge in [0, 0.05) is 26.2 Å². The highest BCUT2D eigenvalue weighted by Gasteiger charge is 2.26. The van der Waals surface area contributed by atoms with E-state index < -0.39 is 0 Å². The van der Waals surface area contributed by atoms with Gasteiger partial charge in [0.05, 0.1) is 0 Å². The Morgan fingerprint density at radius 3 is 0.940 bits per heavy atom. The van der Waals surface area contributed by atoms with Gasteiger partial charge in [0.2, 0.25) is 0 Å². The van der Waals surface area contributed by atoms with E-state index in [1.54, 1.807) is 0 Å². The van der Waals surface area contributed by atoms with Gasteiger partial charge in [-0.3, -0.25) is 9.97 Å². The van der Waals surface area contributed by atoms with Crippen LogP contribution in [-0.4, -0.2) is 9.97 Å². The van der Waals surface area contributed by atoms with Gasteiger partial charge in [-0.2, -0.15) is 0 Å². The first kappa shape index (κ1) is 26.3. The number of fused-ring (bicyclic) bond motifs is 11. The zero-order chi connectivity index (χ0) is 32.5. The highest BCUT2D eigenvalue weighted by atomic mass is 14.6. The van der Waals surface area contributed by atoms with E-state index in [-0.39, 0.29) is 1.43 Å². The van der Waals surface area contributed by atoms with E-state index in [0.29, 0.717) is 0 Å². The predicted octanol–water partition coefficient (Wildman–Crippen LogP) is 13.1. The van der Waals surface area contributed by atoms with Crippen LogP contribution >= 0.6 is 0 Å². The molecule has 50 heavy (non-hydrogen) atoms. The first-order valence-corrected chi connectivity index (χ1v) is 17.2. The van der Waals surface area contributed by atoms with Crippen LogP contribution in [0.25, 0.3) is 121 Å². The van der Waals surface area contributed by atoms with E-state index in [4.69, 9.17) is 0 Å². The molecule has 230 valence electrons. The summed E-state index contributed by atoms with van der Waals surface area (Å²) in [6, 6.07) is 50.1. The first-order valence-electron chi connectivity index (χ1n) is 17.2. The van der Waals surface area contributed by atoms with Gasteiger partial charge in [-0.05, 0) is 181 Å². The topological polar surface area (TPSA) is 25.8 Å². The smallest absolute Gasteiger partial charge is 0.0273 e. The summed E-state index contributed by atoms with van der Waals surface area (Å²) < 4.78 is 0. The van der Waals surface area contributed by atoms with Gasteiger partial charge < -0.3 is 0 Å². The summed E-state index contributed by atoms with van der Waals surface area (Å²) in [7, 11) is 0. The van der Waals surface area contributed by atoms with E-state index in [2.05, 4.69) is 143 Å². The van der Waals surface area contributed by atoms with Crippen molar-refractivity contribution in [1.29, 1.82) is 0 Å². The lowest BCUT2D eigenvalue weighted by atomic mass is 9.85. The van der Waals surface area contributed by atoms with Gasteiger partial charge in [-0.25, -0.2) is 0 Å². The average molecular weight is 634 g/mol. The van der Waals surface area contributed by atoms with Crippen LogP contribution in [0.1, 0.15) is 1.43 Å². The molecule has 0 unspecified atom stereocenters. The Bertz CT molecular complexity index is 2910. The highest BCUT2D eigenvalue weighted by Crippen LogP contribution is 2.53. The Hall–Kier alpha value is -6.64. The van der Waals surface area contributed by atoms with Gasteiger partial charge in [-0.1, -0.05) is 72.8 Å². The lowest BCUT2D eigenvalue weighted by molar-refractivity contribution is 1.33. The van der Waals surface area contributed by atoms with Crippen molar-refractivity contribution in [2.75, 3.05) is 0 Å². The Kier molecular flexibility index (Phi) is 5.00. The number of pyridine rings is 2. The molecule has 0 fully saturated rings. The highest BCUT2D eigenvalue weighted by molar-refractivity contribution is 6.29. The fourth-order valence-electron chi connectivity index (χ4n) is 9.15. The van der Waals surface area contributed by atoms with Crippen molar-refractivity contribution in [1.82, 2.24) is 9.97 Å². The predicted molar refractivity (Wildman–Crippen MR) is 211 cm³/mol. The molecule has 2 heterocycles. The van der Waals surface area contributed by atoms with Crippen molar-refractivity contribution < 1.29 is 1.43 Å². The molecule has 2 aliphatic carbocycles. The normalized spacial score (nSPS) is 12.4. The number of nitrogens with zero attached hydrogens (tertiary/aromatic N) is 2. The van der Waals surface area contributed by atoms with Crippen molar-refractivity contribution >= 4 is 53.9 Å². The number of aromatic nitrogens is 2. The average Bonchev–Trinajstić information content (AvgIpc) is 3.67. The minimum Gasteiger partial charge on any atom is -0.265 e. The minimum atomic E-state index is 0. The van der Waals surface area contributed by atoms with E-state index in [1.807, 2.05) is 24.8 Å². The molecule has 2 nitrogen and oxygen atoms in total. The van der Waals surface area contributed by atoms with Crippen LogP contribution in [0, 0.1) is 0 Å². The number of benzene rings is 8. The Morgan fingerprint density at radius 1 is 0.280 bits per heavy atom. The molecular weight excluding hydrogens is 605 g/mol. The summed E-state index contributed by atoms with van der Waals surface area (Å²) in [5, 5.41) is 12.8. The Labute approximate surface area is 289 Å². The molecule has 8 aromatic carbocycles. The zero-order valence-corrected chi connectivity index (χ0v) is 26.9. The summed E-state index contributed by atoms with van der Waals surface area (Å²) in [5.74, 6) is 0. The van der Waals surface area contributed by atoms with E-state index in [1.165, 1.54) is 121 Å². The molecule has 0 radical (unpaired) electrons. The molecule has 0 N–H and O–H groups in total. The molecular formula is C48H28N2. The van der Waals surface area contributed by atoms with Crippen LogP contribution in [0.4, 0.5) is 0 Å². The second-order valence-corrected chi connectivity index (χ2v) is 13.7. The van der Waals surface area contributed by atoms with Crippen LogP contribution in [0.2, 0.25) is 0 Å². The third kappa shape index (κ3) is 3.37. The Balaban J connectivity index is 0.00000310. The molecule has 0 bridgehead atoms. The van der Waals surface area contributed by atoms with Crippen molar-refractivity contribution in [2.24, 2.45) is 0 Å². The van der Waals surface area contributed by atoms with Crippen LogP contribution < -0.4 is 0 Å². The SMILES string of the molecule is [2HH].c1cc2c3c(cccc3c1)-c1cc3c(cc1-2)c(-c1ccncc1)cc1c2cc4c(cc2c(-c2ccncc2)cc31)-c1cccc2cccc-4c12. The Morgan fingerprint density at radius 2 is 0.580 bits per heavy atom. The maximum absolute atomic E-state index is 4.39. The van der Waals surface area contributed by atoms with Crippen molar-refractivity contribution in [2.45, 2.75) is 0 Å². The van der Waals surface area contributed by atoms with Crippen LogP contribution in [0.5, 0.6) is 0 Å². The van der Waals surface area contributed by atoms with E-state index in [9.17, 15) is 0 Å². The maximum Gasteiger partial charge on any atom is 0.0273 e. The molecule has 0 saturated carbocycles. The first-order chi connectivity index (χ1) is 24.8.